The molecule has 1 aliphatic heterocycles. The predicted octanol–water partition coefficient (Wildman–Crippen LogP) is 6.39. The summed E-state index contributed by atoms with van der Waals surface area (Å²) in [5, 5.41) is 3.56. The molecule has 42 heavy (non-hydrogen) atoms. The molecule has 8 nitrogen and oxygen atoms in total. The molecule has 0 radical (unpaired) electrons. The summed E-state index contributed by atoms with van der Waals surface area (Å²) in [5.41, 5.74) is 2.96. The zero-order chi connectivity index (χ0) is 29.4. The van der Waals surface area contributed by atoms with Crippen molar-refractivity contribution in [1.82, 2.24) is 19.3 Å². The van der Waals surface area contributed by atoms with Gasteiger partial charge >= 0.3 is 6.18 Å². The highest BCUT2D eigenvalue weighted by Crippen LogP contribution is 2.34. The molecule has 5 aromatic rings. The van der Waals surface area contributed by atoms with Crippen LogP contribution in [0.3, 0.4) is 0 Å². The average Bonchev–Trinajstić information content (AvgIpc) is 3.50. The predicted molar refractivity (Wildman–Crippen MR) is 152 cm³/mol. The number of nitrogens with zero attached hydrogens (tertiary/aromatic N) is 4. The minimum atomic E-state index is -4.45. The fourth-order valence-corrected chi connectivity index (χ4v) is 5.31. The maximum Gasteiger partial charge on any atom is 0.416 e. The molecule has 0 saturated carbocycles. The number of imidazole rings is 1. The Balaban J connectivity index is 1.31. The summed E-state index contributed by atoms with van der Waals surface area (Å²) in [6.45, 7) is 1.21. The summed E-state index contributed by atoms with van der Waals surface area (Å²) in [6, 6.07) is 15.2. The third kappa shape index (κ3) is 5.33. The molecular weight excluding hydrogens is 571 g/mol. The number of alkyl halides is 3. The van der Waals surface area contributed by atoms with Crippen LogP contribution < -0.4 is 10.1 Å². The van der Waals surface area contributed by atoms with E-state index in [4.69, 9.17) is 26.1 Å². The molecule has 2 aromatic heterocycles. The number of benzene rings is 3. The number of anilines is 1. The van der Waals surface area contributed by atoms with Gasteiger partial charge in [-0.3, -0.25) is 9.20 Å². The number of carbonyl (C=O) groups excluding carboxylic acids is 1. The highest BCUT2D eigenvalue weighted by atomic mass is 35.5. The fourth-order valence-electron chi connectivity index (χ4n) is 5.07. The highest BCUT2D eigenvalue weighted by molar-refractivity contribution is 6.34. The quantitative estimate of drug-likeness (QED) is 0.245. The Morgan fingerprint density at radius 2 is 1.88 bits per heavy atom. The minimum Gasteiger partial charge on any atom is -0.497 e. The van der Waals surface area contributed by atoms with Crippen molar-refractivity contribution in [3.05, 3.63) is 100 Å². The third-order valence-corrected chi connectivity index (χ3v) is 7.61. The maximum atomic E-state index is 13.9. The molecule has 1 atom stereocenters. The van der Waals surface area contributed by atoms with Crippen molar-refractivity contribution < 1.29 is 27.4 Å². The Labute approximate surface area is 243 Å². The van der Waals surface area contributed by atoms with Gasteiger partial charge in [0.15, 0.2) is 5.82 Å². The number of hydrogen-bond acceptors (Lipinski definition) is 6. The number of fused-ring (bicyclic) bond motifs is 3. The van der Waals surface area contributed by atoms with Gasteiger partial charge in [-0.15, -0.1) is 0 Å². The summed E-state index contributed by atoms with van der Waals surface area (Å²) in [6.07, 6.45) is -1.13. The normalized spacial score (nSPS) is 15.7. The summed E-state index contributed by atoms with van der Waals surface area (Å²) in [7, 11) is 1.62. The van der Waals surface area contributed by atoms with Gasteiger partial charge in [-0.05, 0) is 47.5 Å². The lowest BCUT2D eigenvalue weighted by molar-refractivity contribution is -0.137. The smallest absolute Gasteiger partial charge is 0.416 e. The SMILES string of the molecule is COc1ccc(CNc2nc3cc(Cl)c(C(=O)N4CCOCC4c4ccc(C(F)(F)F)cc4)cc3n3cncc23)cc1. The van der Waals surface area contributed by atoms with Crippen LogP contribution in [0.15, 0.2) is 73.2 Å². The third-order valence-electron chi connectivity index (χ3n) is 7.30. The summed E-state index contributed by atoms with van der Waals surface area (Å²) >= 11 is 6.66. The molecule has 1 N–H and O–H groups in total. The van der Waals surface area contributed by atoms with Gasteiger partial charge in [-0.25, -0.2) is 9.97 Å². The van der Waals surface area contributed by atoms with Gasteiger partial charge in [0.1, 0.15) is 11.3 Å². The van der Waals surface area contributed by atoms with Gasteiger partial charge in [0.2, 0.25) is 0 Å². The molecule has 0 bridgehead atoms. The largest absolute Gasteiger partial charge is 0.497 e. The molecule has 216 valence electrons. The number of halogens is 4. The lowest BCUT2D eigenvalue weighted by Gasteiger charge is -2.36. The monoisotopic (exact) mass is 595 g/mol. The molecule has 1 fully saturated rings. The molecule has 1 unspecified atom stereocenters. The maximum absolute atomic E-state index is 13.9. The topological polar surface area (TPSA) is 81.0 Å². The number of methoxy groups -OCH3 is 1. The highest BCUT2D eigenvalue weighted by Gasteiger charge is 2.33. The van der Waals surface area contributed by atoms with Crippen molar-refractivity contribution in [2.45, 2.75) is 18.8 Å². The van der Waals surface area contributed by atoms with Crippen LogP contribution >= 0.6 is 11.6 Å². The standard InChI is InChI=1S/C30H25ClF3N5O3/c1-41-21-8-2-18(3-9-21)14-36-28-26-15-35-17-39(26)25-12-22(23(31)13-24(25)37-28)29(40)38-10-11-42-16-27(38)19-4-6-20(7-5-19)30(32,33)34/h2-9,12-13,15,17,27H,10-11,14,16H2,1H3,(H,36,37). The summed E-state index contributed by atoms with van der Waals surface area (Å²) in [4.78, 5) is 24.5. The lowest BCUT2D eigenvalue weighted by atomic mass is 10.0. The van der Waals surface area contributed by atoms with E-state index in [2.05, 4.69) is 10.3 Å². The second-order valence-electron chi connectivity index (χ2n) is 9.84. The zero-order valence-electron chi connectivity index (χ0n) is 22.4. The van der Waals surface area contributed by atoms with Crippen molar-refractivity contribution in [2.24, 2.45) is 0 Å². The molecular formula is C30H25ClF3N5O3. The number of aromatic nitrogens is 3. The Hall–Kier alpha value is -4.35. The van der Waals surface area contributed by atoms with Crippen molar-refractivity contribution in [2.75, 3.05) is 32.2 Å². The summed E-state index contributed by atoms with van der Waals surface area (Å²) in [5.74, 6) is 1.01. The van der Waals surface area contributed by atoms with E-state index in [1.165, 1.54) is 12.1 Å². The van der Waals surface area contributed by atoms with Gasteiger partial charge in [0.05, 0.1) is 66.1 Å². The van der Waals surface area contributed by atoms with E-state index in [0.717, 1.165) is 23.4 Å². The Morgan fingerprint density at radius 3 is 2.60 bits per heavy atom. The number of amides is 1. The van der Waals surface area contributed by atoms with E-state index in [1.54, 1.807) is 36.7 Å². The first kappa shape index (κ1) is 27.8. The van der Waals surface area contributed by atoms with Crippen molar-refractivity contribution >= 4 is 39.9 Å². The molecule has 3 aromatic carbocycles. The fraction of sp³-hybridized carbons (Fsp3) is 0.233. The average molecular weight is 596 g/mol. The van der Waals surface area contributed by atoms with Crippen LogP contribution in [0.4, 0.5) is 19.0 Å². The second-order valence-corrected chi connectivity index (χ2v) is 10.2. The molecule has 6 rings (SSSR count). The van der Waals surface area contributed by atoms with Gasteiger partial charge in [0.25, 0.3) is 5.91 Å². The van der Waals surface area contributed by atoms with Crippen LogP contribution in [0, 0.1) is 0 Å². The number of morpholine rings is 1. The van der Waals surface area contributed by atoms with Gasteiger partial charge in [-0.1, -0.05) is 35.9 Å². The van der Waals surface area contributed by atoms with Gasteiger partial charge in [0, 0.05) is 13.1 Å². The van der Waals surface area contributed by atoms with Crippen LogP contribution in [0.25, 0.3) is 16.6 Å². The Kier molecular flexibility index (Phi) is 7.38. The molecule has 1 amide bonds. The van der Waals surface area contributed by atoms with Gasteiger partial charge < -0.3 is 19.7 Å². The van der Waals surface area contributed by atoms with Crippen LogP contribution in [0.1, 0.15) is 33.1 Å². The van der Waals surface area contributed by atoms with E-state index < -0.39 is 17.8 Å². The van der Waals surface area contributed by atoms with E-state index >= 15 is 0 Å². The first-order valence-corrected chi connectivity index (χ1v) is 13.5. The first-order valence-electron chi connectivity index (χ1n) is 13.1. The second kappa shape index (κ2) is 11.1. The van der Waals surface area contributed by atoms with Crippen LogP contribution in [-0.4, -0.2) is 52.0 Å². The Bertz CT molecular complexity index is 1760. The number of nitrogens with one attached hydrogen (secondary N) is 1. The van der Waals surface area contributed by atoms with Gasteiger partial charge in [-0.2, -0.15) is 13.2 Å². The molecule has 0 aliphatic carbocycles. The summed E-state index contributed by atoms with van der Waals surface area (Å²) < 4.78 is 51.9. The van der Waals surface area contributed by atoms with Crippen LogP contribution in [-0.2, 0) is 17.5 Å². The zero-order valence-corrected chi connectivity index (χ0v) is 23.1. The van der Waals surface area contributed by atoms with Crippen molar-refractivity contribution in [3.8, 4) is 5.75 Å². The number of ether oxygens (including phenoxy) is 2. The first-order chi connectivity index (χ1) is 20.2. The number of carbonyl (C=O) groups is 1. The van der Waals surface area contributed by atoms with E-state index in [0.29, 0.717) is 41.1 Å². The van der Waals surface area contributed by atoms with E-state index in [1.807, 2.05) is 28.7 Å². The molecule has 12 heteroatoms. The number of hydrogen-bond donors (Lipinski definition) is 1. The van der Waals surface area contributed by atoms with E-state index in [-0.39, 0.29) is 29.6 Å². The molecule has 1 aliphatic rings. The van der Waals surface area contributed by atoms with E-state index in [9.17, 15) is 18.0 Å². The number of rotatable bonds is 6. The lowest BCUT2D eigenvalue weighted by Crippen LogP contribution is -2.43. The molecule has 1 saturated heterocycles. The van der Waals surface area contributed by atoms with Crippen molar-refractivity contribution in [1.29, 1.82) is 0 Å². The van der Waals surface area contributed by atoms with Crippen molar-refractivity contribution in [3.63, 3.8) is 0 Å². The molecule has 0 spiro atoms. The van der Waals surface area contributed by atoms with Crippen LogP contribution in [0.5, 0.6) is 5.75 Å². The molecule has 3 heterocycles. The van der Waals surface area contributed by atoms with Crippen LogP contribution in [0.2, 0.25) is 5.02 Å². The Morgan fingerprint density at radius 1 is 1.12 bits per heavy atom. The minimum absolute atomic E-state index is 0.152.